The van der Waals surface area contributed by atoms with E-state index in [9.17, 15) is 14.7 Å². The van der Waals surface area contributed by atoms with Crippen LogP contribution < -0.4 is 4.90 Å². The SMILES string of the molecule is Cc1ccccc1N1CCN(C(=O)C2C(C(=O)O)CC3(CC3)CN2C)CC1. The van der Waals surface area contributed by atoms with Crippen LogP contribution in [0.15, 0.2) is 24.3 Å². The minimum Gasteiger partial charge on any atom is -0.481 e. The number of piperidine rings is 1. The molecule has 2 saturated heterocycles. The summed E-state index contributed by atoms with van der Waals surface area (Å²) in [6.07, 6.45) is 2.83. The molecule has 3 fully saturated rings. The monoisotopic (exact) mass is 371 g/mol. The van der Waals surface area contributed by atoms with Crippen LogP contribution in [0.25, 0.3) is 0 Å². The molecular weight excluding hydrogens is 342 g/mol. The van der Waals surface area contributed by atoms with Crippen molar-refractivity contribution in [1.82, 2.24) is 9.80 Å². The number of para-hydroxylation sites is 1. The van der Waals surface area contributed by atoms with Gasteiger partial charge in [-0.3, -0.25) is 14.5 Å². The predicted octanol–water partition coefficient (Wildman–Crippen LogP) is 1.83. The molecule has 1 spiro atoms. The number of hydrogen-bond acceptors (Lipinski definition) is 4. The zero-order chi connectivity index (χ0) is 19.2. The average molecular weight is 371 g/mol. The van der Waals surface area contributed by atoms with Gasteiger partial charge in [0.2, 0.25) is 5.91 Å². The quantitative estimate of drug-likeness (QED) is 0.878. The summed E-state index contributed by atoms with van der Waals surface area (Å²) in [4.78, 5) is 31.3. The zero-order valence-electron chi connectivity index (χ0n) is 16.2. The summed E-state index contributed by atoms with van der Waals surface area (Å²) < 4.78 is 0. The molecule has 2 unspecified atom stereocenters. The molecule has 1 N–H and O–H groups in total. The lowest BCUT2D eigenvalue weighted by Gasteiger charge is -2.44. The lowest BCUT2D eigenvalue weighted by molar-refractivity contribution is -0.156. The van der Waals surface area contributed by atoms with Gasteiger partial charge in [-0.25, -0.2) is 0 Å². The molecule has 1 aromatic carbocycles. The lowest BCUT2D eigenvalue weighted by atomic mass is 9.80. The van der Waals surface area contributed by atoms with E-state index >= 15 is 0 Å². The highest BCUT2D eigenvalue weighted by atomic mass is 16.4. The van der Waals surface area contributed by atoms with E-state index in [0.29, 0.717) is 19.5 Å². The highest BCUT2D eigenvalue weighted by molar-refractivity contribution is 5.88. The van der Waals surface area contributed by atoms with Crippen LogP contribution in [0, 0.1) is 18.3 Å². The second kappa shape index (κ2) is 6.82. The molecule has 1 aromatic rings. The van der Waals surface area contributed by atoms with Gasteiger partial charge in [-0.15, -0.1) is 0 Å². The second-order valence-corrected chi connectivity index (χ2v) is 8.61. The highest BCUT2D eigenvalue weighted by Gasteiger charge is 2.55. The molecule has 4 rings (SSSR count). The van der Waals surface area contributed by atoms with E-state index in [1.165, 1.54) is 11.3 Å². The molecule has 27 heavy (non-hydrogen) atoms. The molecule has 2 heterocycles. The number of nitrogens with zero attached hydrogens (tertiary/aromatic N) is 3. The summed E-state index contributed by atoms with van der Waals surface area (Å²) in [6, 6.07) is 7.78. The van der Waals surface area contributed by atoms with Crippen LogP contribution in [0.5, 0.6) is 0 Å². The number of rotatable bonds is 3. The molecule has 2 aliphatic heterocycles. The van der Waals surface area contributed by atoms with Crippen LogP contribution in [0.3, 0.4) is 0 Å². The molecule has 6 nitrogen and oxygen atoms in total. The predicted molar refractivity (Wildman–Crippen MR) is 104 cm³/mol. The van der Waals surface area contributed by atoms with E-state index in [4.69, 9.17) is 0 Å². The van der Waals surface area contributed by atoms with Crippen molar-refractivity contribution < 1.29 is 14.7 Å². The first-order valence-electron chi connectivity index (χ1n) is 9.93. The summed E-state index contributed by atoms with van der Waals surface area (Å²) in [5.41, 5.74) is 2.61. The maximum Gasteiger partial charge on any atom is 0.308 e. The number of piperazine rings is 1. The van der Waals surface area contributed by atoms with Gasteiger partial charge in [0.1, 0.15) is 6.04 Å². The van der Waals surface area contributed by atoms with Crippen LogP contribution in [-0.2, 0) is 9.59 Å². The molecule has 1 amide bonds. The number of carboxylic acid groups (broad SMARTS) is 1. The third kappa shape index (κ3) is 3.43. The summed E-state index contributed by atoms with van der Waals surface area (Å²) in [5.74, 6) is -1.43. The van der Waals surface area contributed by atoms with Crippen LogP contribution in [0.1, 0.15) is 24.8 Å². The fourth-order valence-corrected chi connectivity index (χ4v) is 4.97. The number of aryl methyl sites for hydroxylation is 1. The van der Waals surface area contributed by atoms with Crippen molar-refractivity contribution in [3.05, 3.63) is 29.8 Å². The van der Waals surface area contributed by atoms with Crippen molar-refractivity contribution in [2.75, 3.05) is 44.7 Å². The minimum atomic E-state index is -0.829. The topological polar surface area (TPSA) is 64.1 Å². The van der Waals surface area contributed by atoms with Crippen molar-refractivity contribution in [2.24, 2.45) is 11.3 Å². The van der Waals surface area contributed by atoms with Gasteiger partial charge in [0.05, 0.1) is 5.92 Å². The smallest absolute Gasteiger partial charge is 0.308 e. The van der Waals surface area contributed by atoms with Crippen molar-refractivity contribution >= 4 is 17.6 Å². The largest absolute Gasteiger partial charge is 0.481 e. The van der Waals surface area contributed by atoms with Gasteiger partial charge >= 0.3 is 5.97 Å². The number of carbonyl (C=O) groups is 2. The van der Waals surface area contributed by atoms with Gasteiger partial charge in [0.25, 0.3) is 0 Å². The average Bonchev–Trinajstić information content (AvgIpc) is 3.39. The zero-order valence-corrected chi connectivity index (χ0v) is 16.2. The van der Waals surface area contributed by atoms with Gasteiger partial charge in [-0.2, -0.15) is 0 Å². The summed E-state index contributed by atoms with van der Waals surface area (Å²) >= 11 is 0. The number of benzene rings is 1. The first kappa shape index (κ1) is 18.3. The van der Waals surface area contributed by atoms with Crippen LogP contribution >= 0.6 is 0 Å². The summed E-state index contributed by atoms with van der Waals surface area (Å²) in [5, 5.41) is 9.75. The molecule has 1 aliphatic carbocycles. The van der Waals surface area contributed by atoms with Crippen molar-refractivity contribution in [2.45, 2.75) is 32.2 Å². The molecule has 6 heteroatoms. The number of likely N-dealkylation sites (N-methyl/N-ethyl adjacent to an activating group) is 1. The van der Waals surface area contributed by atoms with E-state index in [1.807, 2.05) is 29.0 Å². The van der Waals surface area contributed by atoms with Gasteiger partial charge in [0.15, 0.2) is 0 Å². The van der Waals surface area contributed by atoms with E-state index in [2.05, 4.69) is 24.0 Å². The van der Waals surface area contributed by atoms with Crippen molar-refractivity contribution in [3.63, 3.8) is 0 Å². The third-order valence-electron chi connectivity index (χ3n) is 6.67. The first-order chi connectivity index (χ1) is 12.9. The summed E-state index contributed by atoms with van der Waals surface area (Å²) in [6.45, 7) is 5.82. The number of anilines is 1. The molecule has 0 aromatic heterocycles. The summed E-state index contributed by atoms with van der Waals surface area (Å²) in [7, 11) is 1.92. The van der Waals surface area contributed by atoms with Crippen molar-refractivity contribution in [3.8, 4) is 0 Å². The Morgan fingerprint density at radius 3 is 2.37 bits per heavy atom. The molecular formula is C21H29N3O3. The Kier molecular flexibility index (Phi) is 4.62. The van der Waals surface area contributed by atoms with E-state index in [-0.39, 0.29) is 11.3 Å². The van der Waals surface area contributed by atoms with Crippen LogP contribution in [0.4, 0.5) is 5.69 Å². The Labute approximate surface area is 160 Å². The normalized spacial score (nSPS) is 27.6. The standard InChI is InChI=1S/C21H29N3O3/c1-15-5-3-4-6-17(15)23-9-11-24(12-10-23)19(25)18-16(20(26)27)13-21(7-8-21)14-22(18)2/h3-6,16,18H,7-14H2,1-2H3,(H,26,27). The Morgan fingerprint density at radius 1 is 1.11 bits per heavy atom. The van der Waals surface area contributed by atoms with E-state index < -0.39 is 17.9 Å². The molecule has 2 atom stereocenters. The number of carboxylic acids is 1. The Morgan fingerprint density at radius 2 is 1.78 bits per heavy atom. The fourth-order valence-electron chi connectivity index (χ4n) is 4.97. The van der Waals surface area contributed by atoms with Crippen molar-refractivity contribution in [1.29, 1.82) is 0 Å². The van der Waals surface area contributed by atoms with Crippen LogP contribution in [-0.4, -0.2) is 72.6 Å². The van der Waals surface area contributed by atoms with Crippen LogP contribution in [0.2, 0.25) is 0 Å². The number of amides is 1. The number of hydrogen-bond donors (Lipinski definition) is 1. The lowest BCUT2D eigenvalue weighted by Crippen LogP contribution is -2.60. The van der Waals surface area contributed by atoms with Gasteiger partial charge in [-0.05, 0) is 50.3 Å². The second-order valence-electron chi connectivity index (χ2n) is 8.61. The molecule has 0 radical (unpaired) electrons. The first-order valence-corrected chi connectivity index (χ1v) is 9.93. The number of aliphatic carboxylic acids is 1. The number of carbonyl (C=O) groups excluding carboxylic acids is 1. The van der Waals surface area contributed by atoms with E-state index in [0.717, 1.165) is 32.5 Å². The molecule has 146 valence electrons. The van der Waals surface area contributed by atoms with Gasteiger partial charge in [0, 0.05) is 38.4 Å². The van der Waals surface area contributed by atoms with Gasteiger partial charge < -0.3 is 14.9 Å². The maximum absolute atomic E-state index is 13.2. The number of likely N-dealkylation sites (tertiary alicyclic amines) is 1. The maximum atomic E-state index is 13.2. The molecule has 1 saturated carbocycles. The van der Waals surface area contributed by atoms with Gasteiger partial charge in [-0.1, -0.05) is 18.2 Å². The Bertz CT molecular complexity index is 738. The Hall–Kier alpha value is -2.08. The third-order valence-corrected chi connectivity index (χ3v) is 6.67. The minimum absolute atomic E-state index is 0.00941. The Balaban J connectivity index is 1.44. The fraction of sp³-hybridized carbons (Fsp3) is 0.619. The molecule has 0 bridgehead atoms. The molecule has 3 aliphatic rings. The van der Waals surface area contributed by atoms with E-state index in [1.54, 1.807) is 0 Å². The highest BCUT2D eigenvalue weighted by Crippen LogP contribution is 2.54.